The van der Waals surface area contributed by atoms with Gasteiger partial charge in [-0.2, -0.15) is 0 Å². The minimum Gasteiger partial charge on any atom is -0.493 e. The average molecular weight is 255 g/mol. The number of hydrogen-bond acceptors (Lipinski definition) is 3. The third-order valence-corrected chi connectivity index (χ3v) is 2.75. The second-order valence-electron chi connectivity index (χ2n) is 4.30. The Morgan fingerprint density at radius 3 is 2.61 bits per heavy atom. The molecule has 0 heterocycles. The van der Waals surface area contributed by atoms with E-state index < -0.39 is 0 Å². The molecule has 0 saturated carbocycles. The van der Waals surface area contributed by atoms with Crippen molar-refractivity contribution in [2.75, 3.05) is 20.4 Å². The van der Waals surface area contributed by atoms with Crippen LogP contribution in [-0.4, -0.2) is 20.4 Å². The molecule has 0 saturated heterocycles. The van der Waals surface area contributed by atoms with Gasteiger partial charge in [-0.25, -0.2) is 0 Å². The monoisotopic (exact) mass is 255 g/mol. The van der Waals surface area contributed by atoms with Gasteiger partial charge in [0.25, 0.3) is 0 Å². The van der Waals surface area contributed by atoms with Gasteiger partial charge in [-0.1, -0.05) is 6.07 Å². The zero-order valence-corrected chi connectivity index (χ0v) is 11.1. The van der Waals surface area contributed by atoms with Crippen molar-refractivity contribution in [3.63, 3.8) is 0 Å². The van der Waals surface area contributed by atoms with Crippen LogP contribution in [0.1, 0.15) is 37.8 Å². The van der Waals surface area contributed by atoms with Crippen LogP contribution in [0, 0.1) is 0 Å². The molecular formula is C14H22FNO2. The van der Waals surface area contributed by atoms with Gasteiger partial charge in [0.15, 0.2) is 11.5 Å². The highest BCUT2D eigenvalue weighted by molar-refractivity contribution is 5.43. The minimum atomic E-state index is -0.258. The van der Waals surface area contributed by atoms with Gasteiger partial charge < -0.3 is 15.2 Å². The Kier molecular flexibility index (Phi) is 6.50. The first-order valence-corrected chi connectivity index (χ1v) is 6.31. The Labute approximate surface area is 108 Å². The molecular weight excluding hydrogens is 233 g/mol. The molecule has 0 unspecified atom stereocenters. The first-order chi connectivity index (χ1) is 8.69. The standard InChI is InChI=1S/C14H22FNO2/c1-11(16)12-6-7-13(14(10-12)17-2)18-9-5-3-4-8-15/h6-7,10-11H,3-5,8-9,16H2,1-2H3/t11-/m0/s1. The van der Waals surface area contributed by atoms with Crippen LogP contribution in [0.3, 0.4) is 0 Å². The zero-order chi connectivity index (χ0) is 13.4. The minimum absolute atomic E-state index is 0.0301. The van der Waals surface area contributed by atoms with Crippen molar-refractivity contribution in [2.24, 2.45) is 5.73 Å². The molecule has 1 rings (SSSR count). The van der Waals surface area contributed by atoms with Crippen LogP contribution in [0.4, 0.5) is 4.39 Å². The molecule has 0 amide bonds. The average Bonchev–Trinajstić information content (AvgIpc) is 2.38. The van der Waals surface area contributed by atoms with Crippen molar-refractivity contribution in [1.82, 2.24) is 0 Å². The lowest BCUT2D eigenvalue weighted by Crippen LogP contribution is -2.06. The molecule has 0 radical (unpaired) electrons. The van der Waals surface area contributed by atoms with Crippen LogP contribution < -0.4 is 15.2 Å². The number of methoxy groups -OCH3 is 1. The van der Waals surface area contributed by atoms with E-state index in [9.17, 15) is 4.39 Å². The van der Waals surface area contributed by atoms with Crippen LogP contribution in [0.15, 0.2) is 18.2 Å². The maximum Gasteiger partial charge on any atom is 0.161 e. The number of benzene rings is 1. The largest absolute Gasteiger partial charge is 0.493 e. The molecule has 18 heavy (non-hydrogen) atoms. The molecule has 0 aliphatic heterocycles. The van der Waals surface area contributed by atoms with E-state index in [-0.39, 0.29) is 12.7 Å². The third-order valence-electron chi connectivity index (χ3n) is 2.75. The SMILES string of the molecule is COc1cc([C@H](C)N)ccc1OCCCCCF. The van der Waals surface area contributed by atoms with E-state index in [2.05, 4.69) is 0 Å². The van der Waals surface area contributed by atoms with Gasteiger partial charge >= 0.3 is 0 Å². The van der Waals surface area contributed by atoms with Crippen molar-refractivity contribution in [3.8, 4) is 11.5 Å². The number of rotatable bonds is 8. The van der Waals surface area contributed by atoms with Crippen LogP contribution in [-0.2, 0) is 0 Å². The third kappa shape index (κ3) is 4.53. The lowest BCUT2D eigenvalue weighted by atomic mass is 10.1. The number of unbranched alkanes of at least 4 members (excludes halogenated alkanes) is 2. The van der Waals surface area contributed by atoms with Crippen LogP contribution in [0.5, 0.6) is 11.5 Å². The summed E-state index contributed by atoms with van der Waals surface area (Å²) in [6, 6.07) is 5.66. The summed E-state index contributed by atoms with van der Waals surface area (Å²) in [6.45, 7) is 2.24. The fourth-order valence-electron chi connectivity index (χ4n) is 1.64. The molecule has 2 N–H and O–H groups in total. The second kappa shape index (κ2) is 7.93. The van der Waals surface area contributed by atoms with Gasteiger partial charge in [-0.3, -0.25) is 4.39 Å². The summed E-state index contributed by atoms with van der Waals surface area (Å²) in [5.41, 5.74) is 6.82. The predicted octanol–water partition coefficient (Wildman–Crippen LogP) is 3.23. The molecule has 0 aromatic heterocycles. The maximum absolute atomic E-state index is 11.9. The van der Waals surface area contributed by atoms with E-state index in [0.717, 1.165) is 18.4 Å². The van der Waals surface area contributed by atoms with Gasteiger partial charge in [0, 0.05) is 6.04 Å². The zero-order valence-electron chi connectivity index (χ0n) is 11.1. The fraction of sp³-hybridized carbons (Fsp3) is 0.571. The summed E-state index contributed by atoms with van der Waals surface area (Å²) >= 11 is 0. The Balaban J connectivity index is 2.54. The van der Waals surface area contributed by atoms with E-state index in [1.165, 1.54) is 0 Å². The van der Waals surface area contributed by atoms with E-state index >= 15 is 0 Å². The van der Waals surface area contributed by atoms with Crippen molar-refractivity contribution in [2.45, 2.75) is 32.2 Å². The molecule has 1 atom stereocenters. The van der Waals surface area contributed by atoms with Gasteiger partial charge in [-0.15, -0.1) is 0 Å². The highest BCUT2D eigenvalue weighted by Crippen LogP contribution is 2.29. The number of alkyl halides is 1. The fourth-order valence-corrected chi connectivity index (χ4v) is 1.64. The van der Waals surface area contributed by atoms with Crippen LogP contribution in [0.2, 0.25) is 0 Å². The Morgan fingerprint density at radius 2 is 2.00 bits per heavy atom. The predicted molar refractivity (Wildman–Crippen MR) is 70.9 cm³/mol. The van der Waals surface area contributed by atoms with E-state index in [1.54, 1.807) is 7.11 Å². The lowest BCUT2D eigenvalue weighted by Gasteiger charge is -2.13. The number of hydrogen-bond donors (Lipinski definition) is 1. The Morgan fingerprint density at radius 1 is 1.22 bits per heavy atom. The van der Waals surface area contributed by atoms with Gasteiger partial charge in [0.1, 0.15) is 0 Å². The summed E-state index contributed by atoms with van der Waals surface area (Å²) in [7, 11) is 1.61. The second-order valence-corrected chi connectivity index (χ2v) is 4.30. The summed E-state index contributed by atoms with van der Waals surface area (Å²) in [5.74, 6) is 1.40. The van der Waals surface area contributed by atoms with Gasteiger partial charge in [0.2, 0.25) is 0 Å². The van der Waals surface area contributed by atoms with Crippen molar-refractivity contribution < 1.29 is 13.9 Å². The topological polar surface area (TPSA) is 44.5 Å². The summed E-state index contributed by atoms with van der Waals surface area (Å²) < 4.78 is 22.8. The Hall–Kier alpha value is -1.29. The Bertz CT molecular complexity index is 356. The van der Waals surface area contributed by atoms with Crippen LogP contribution in [0.25, 0.3) is 0 Å². The van der Waals surface area contributed by atoms with Crippen molar-refractivity contribution in [1.29, 1.82) is 0 Å². The molecule has 0 spiro atoms. The van der Waals surface area contributed by atoms with Crippen LogP contribution >= 0.6 is 0 Å². The molecule has 0 bridgehead atoms. The summed E-state index contributed by atoms with van der Waals surface area (Å²) in [5, 5.41) is 0. The molecule has 1 aromatic carbocycles. The van der Waals surface area contributed by atoms with Gasteiger partial charge in [0.05, 0.1) is 20.4 Å². The molecule has 0 aliphatic carbocycles. The number of halogens is 1. The van der Waals surface area contributed by atoms with Gasteiger partial charge in [-0.05, 0) is 43.9 Å². The first kappa shape index (κ1) is 14.8. The molecule has 1 aromatic rings. The summed E-state index contributed by atoms with van der Waals surface area (Å²) in [6.07, 6.45) is 2.29. The number of ether oxygens (including phenoxy) is 2. The van der Waals surface area contributed by atoms with Crippen molar-refractivity contribution >= 4 is 0 Å². The molecule has 3 nitrogen and oxygen atoms in total. The molecule has 0 fully saturated rings. The maximum atomic E-state index is 11.9. The lowest BCUT2D eigenvalue weighted by molar-refractivity contribution is 0.282. The normalized spacial score (nSPS) is 12.2. The molecule has 102 valence electrons. The van der Waals surface area contributed by atoms with E-state index in [4.69, 9.17) is 15.2 Å². The quantitative estimate of drug-likeness (QED) is 0.725. The van der Waals surface area contributed by atoms with Crippen molar-refractivity contribution in [3.05, 3.63) is 23.8 Å². The molecule has 4 heteroatoms. The number of nitrogens with two attached hydrogens (primary N) is 1. The smallest absolute Gasteiger partial charge is 0.161 e. The molecule has 0 aliphatic rings. The highest BCUT2D eigenvalue weighted by Gasteiger charge is 2.07. The summed E-state index contributed by atoms with van der Waals surface area (Å²) in [4.78, 5) is 0. The first-order valence-electron chi connectivity index (χ1n) is 6.31. The highest BCUT2D eigenvalue weighted by atomic mass is 19.1. The van der Waals surface area contributed by atoms with E-state index in [1.807, 2.05) is 25.1 Å². The van der Waals surface area contributed by atoms with E-state index in [0.29, 0.717) is 24.5 Å².